The van der Waals surface area contributed by atoms with E-state index in [-0.39, 0.29) is 0 Å². The van der Waals surface area contributed by atoms with Crippen molar-refractivity contribution in [2.24, 2.45) is 7.05 Å². The summed E-state index contributed by atoms with van der Waals surface area (Å²) in [7, 11) is 2.00. The van der Waals surface area contributed by atoms with Gasteiger partial charge in [0.15, 0.2) is 5.82 Å². The minimum atomic E-state index is 0.927. The number of imidazole rings is 1. The lowest BCUT2D eigenvalue weighted by molar-refractivity contribution is 0.205. The van der Waals surface area contributed by atoms with Crippen molar-refractivity contribution in [3.63, 3.8) is 0 Å². The van der Waals surface area contributed by atoms with E-state index in [4.69, 9.17) is 5.10 Å². The summed E-state index contributed by atoms with van der Waals surface area (Å²) >= 11 is 0. The van der Waals surface area contributed by atoms with Crippen molar-refractivity contribution in [1.29, 1.82) is 0 Å². The second kappa shape index (κ2) is 5.42. The van der Waals surface area contributed by atoms with Crippen molar-refractivity contribution >= 4 is 0 Å². The molecule has 0 fully saturated rings. The van der Waals surface area contributed by atoms with E-state index >= 15 is 0 Å². The number of benzene rings is 1. The average molecular weight is 293 g/mol. The Labute approximate surface area is 129 Å². The first-order valence-electron chi connectivity index (χ1n) is 7.60. The molecule has 0 amide bonds. The minimum absolute atomic E-state index is 0.927. The van der Waals surface area contributed by atoms with Crippen LogP contribution in [0.15, 0.2) is 48.8 Å². The molecule has 0 radical (unpaired) electrons. The molecule has 3 aromatic rings. The van der Waals surface area contributed by atoms with Gasteiger partial charge >= 0.3 is 0 Å². The number of aryl methyl sites for hydroxylation is 1. The molecule has 0 spiro atoms. The quantitative estimate of drug-likeness (QED) is 0.744. The third-order valence-electron chi connectivity index (χ3n) is 4.18. The summed E-state index contributed by atoms with van der Waals surface area (Å²) in [5.41, 5.74) is 3.59. The standard InChI is InChI=1S/C17H19N5/c1-20-8-7-18-17(20)16-11-15-13-21(9-10-22(15)19-16)12-14-5-3-2-4-6-14/h2-8,11H,9-10,12-13H2,1H3. The molecule has 0 bridgehead atoms. The van der Waals surface area contributed by atoms with Crippen molar-refractivity contribution in [3.05, 3.63) is 60.0 Å². The number of aromatic nitrogens is 4. The van der Waals surface area contributed by atoms with Gasteiger partial charge in [-0.2, -0.15) is 5.10 Å². The Hall–Kier alpha value is -2.40. The van der Waals surface area contributed by atoms with Gasteiger partial charge in [-0.3, -0.25) is 9.58 Å². The van der Waals surface area contributed by atoms with Crippen LogP contribution >= 0.6 is 0 Å². The van der Waals surface area contributed by atoms with E-state index < -0.39 is 0 Å². The van der Waals surface area contributed by atoms with Crippen molar-refractivity contribution in [3.8, 4) is 11.5 Å². The number of nitrogens with zero attached hydrogens (tertiary/aromatic N) is 5. The third-order valence-corrected chi connectivity index (χ3v) is 4.18. The van der Waals surface area contributed by atoms with E-state index in [1.807, 2.05) is 24.0 Å². The van der Waals surface area contributed by atoms with Gasteiger partial charge in [0, 0.05) is 39.1 Å². The average Bonchev–Trinajstić information content (AvgIpc) is 3.13. The zero-order chi connectivity index (χ0) is 14.9. The molecule has 5 heteroatoms. The van der Waals surface area contributed by atoms with Gasteiger partial charge in [-0.25, -0.2) is 4.98 Å². The van der Waals surface area contributed by atoms with Gasteiger partial charge in [-0.05, 0) is 11.6 Å². The first-order valence-corrected chi connectivity index (χ1v) is 7.60. The van der Waals surface area contributed by atoms with Gasteiger partial charge in [0.25, 0.3) is 0 Å². The summed E-state index contributed by atoms with van der Waals surface area (Å²) in [6.45, 7) is 3.90. The summed E-state index contributed by atoms with van der Waals surface area (Å²) in [4.78, 5) is 6.86. The van der Waals surface area contributed by atoms with E-state index in [1.54, 1.807) is 0 Å². The molecule has 22 heavy (non-hydrogen) atoms. The lowest BCUT2D eigenvalue weighted by atomic mass is 10.2. The normalized spacial score (nSPS) is 15.0. The Kier molecular flexibility index (Phi) is 3.27. The highest BCUT2D eigenvalue weighted by Crippen LogP contribution is 2.21. The van der Waals surface area contributed by atoms with Crippen LogP contribution in [0.2, 0.25) is 0 Å². The highest BCUT2D eigenvalue weighted by atomic mass is 15.3. The van der Waals surface area contributed by atoms with Crippen LogP contribution in [0.3, 0.4) is 0 Å². The van der Waals surface area contributed by atoms with Crippen LogP contribution in [-0.4, -0.2) is 30.8 Å². The number of hydrogen-bond donors (Lipinski definition) is 0. The van der Waals surface area contributed by atoms with E-state index in [2.05, 4.69) is 51.0 Å². The fraction of sp³-hybridized carbons (Fsp3) is 0.294. The monoisotopic (exact) mass is 293 g/mol. The highest BCUT2D eigenvalue weighted by molar-refractivity contribution is 5.50. The first kappa shape index (κ1) is 13.3. The summed E-state index contributed by atoms with van der Waals surface area (Å²) < 4.78 is 4.13. The van der Waals surface area contributed by atoms with Crippen LogP contribution in [0.1, 0.15) is 11.3 Å². The largest absolute Gasteiger partial charge is 0.333 e. The number of fused-ring (bicyclic) bond motifs is 1. The van der Waals surface area contributed by atoms with Crippen LogP contribution in [0.25, 0.3) is 11.5 Å². The second-order valence-electron chi connectivity index (χ2n) is 5.80. The molecular weight excluding hydrogens is 274 g/mol. The predicted octanol–water partition coefficient (Wildman–Crippen LogP) is 2.30. The molecule has 2 aromatic heterocycles. The van der Waals surface area contributed by atoms with Gasteiger partial charge in [-0.1, -0.05) is 30.3 Å². The maximum atomic E-state index is 4.70. The third kappa shape index (κ3) is 2.44. The van der Waals surface area contributed by atoms with Crippen LogP contribution in [0.5, 0.6) is 0 Å². The van der Waals surface area contributed by atoms with E-state index in [9.17, 15) is 0 Å². The van der Waals surface area contributed by atoms with Crippen molar-refractivity contribution < 1.29 is 0 Å². The zero-order valence-electron chi connectivity index (χ0n) is 12.7. The smallest absolute Gasteiger partial charge is 0.160 e. The maximum Gasteiger partial charge on any atom is 0.160 e. The van der Waals surface area contributed by atoms with Crippen LogP contribution in [0, 0.1) is 0 Å². The maximum absolute atomic E-state index is 4.70. The van der Waals surface area contributed by atoms with Crippen molar-refractivity contribution in [2.75, 3.05) is 6.54 Å². The van der Waals surface area contributed by atoms with Crippen molar-refractivity contribution in [1.82, 2.24) is 24.2 Å². The SMILES string of the molecule is Cn1ccnc1-c1cc2n(n1)CCN(Cc1ccccc1)C2. The summed E-state index contributed by atoms with van der Waals surface area (Å²) in [5.74, 6) is 0.927. The predicted molar refractivity (Wildman–Crippen MR) is 85.0 cm³/mol. The Morgan fingerprint density at radius 3 is 2.77 bits per heavy atom. The molecule has 0 unspecified atom stereocenters. The van der Waals surface area contributed by atoms with Crippen LogP contribution < -0.4 is 0 Å². The molecular formula is C17H19N5. The topological polar surface area (TPSA) is 38.9 Å². The van der Waals surface area contributed by atoms with Gasteiger partial charge in [-0.15, -0.1) is 0 Å². The molecule has 1 aliphatic heterocycles. The molecule has 1 aliphatic rings. The van der Waals surface area contributed by atoms with Gasteiger partial charge in [0.2, 0.25) is 0 Å². The Bertz CT molecular complexity index is 771. The number of hydrogen-bond acceptors (Lipinski definition) is 3. The zero-order valence-corrected chi connectivity index (χ0v) is 12.7. The molecule has 112 valence electrons. The minimum Gasteiger partial charge on any atom is -0.333 e. The fourth-order valence-electron chi connectivity index (χ4n) is 3.02. The summed E-state index contributed by atoms with van der Waals surface area (Å²) in [6.07, 6.45) is 3.77. The Balaban J connectivity index is 1.54. The molecule has 0 N–H and O–H groups in total. The summed E-state index contributed by atoms with van der Waals surface area (Å²) in [6, 6.07) is 12.8. The number of rotatable bonds is 3. The first-order chi connectivity index (χ1) is 10.8. The molecule has 4 rings (SSSR count). The van der Waals surface area contributed by atoms with Gasteiger partial charge in [0.05, 0.1) is 12.2 Å². The molecule has 3 heterocycles. The molecule has 0 saturated heterocycles. The lowest BCUT2D eigenvalue weighted by Crippen LogP contribution is -2.33. The van der Waals surface area contributed by atoms with Crippen LogP contribution in [0.4, 0.5) is 0 Å². The Morgan fingerprint density at radius 2 is 2.00 bits per heavy atom. The fourth-order valence-corrected chi connectivity index (χ4v) is 3.02. The molecule has 0 aliphatic carbocycles. The van der Waals surface area contributed by atoms with Gasteiger partial charge < -0.3 is 4.57 Å². The molecule has 1 aromatic carbocycles. The Morgan fingerprint density at radius 1 is 1.14 bits per heavy atom. The van der Waals surface area contributed by atoms with E-state index in [0.29, 0.717) is 0 Å². The van der Waals surface area contributed by atoms with Gasteiger partial charge in [0.1, 0.15) is 5.69 Å². The van der Waals surface area contributed by atoms with Crippen molar-refractivity contribution in [2.45, 2.75) is 19.6 Å². The van der Waals surface area contributed by atoms with E-state index in [0.717, 1.165) is 37.7 Å². The summed E-state index contributed by atoms with van der Waals surface area (Å²) in [5, 5.41) is 4.70. The van der Waals surface area contributed by atoms with Crippen LogP contribution in [-0.2, 0) is 26.7 Å². The second-order valence-corrected chi connectivity index (χ2v) is 5.80. The highest BCUT2D eigenvalue weighted by Gasteiger charge is 2.20. The molecule has 0 saturated carbocycles. The lowest BCUT2D eigenvalue weighted by Gasteiger charge is -2.27. The molecule has 0 atom stereocenters. The molecule has 5 nitrogen and oxygen atoms in total. The van der Waals surface area contributed by atoms with E-state index in [1.165, 1.54) is 11.3 Å².